The molecule has 1 aliphatic heterocycles. The Bertz CT molecular complexity index is 904. The van der Waals surface area contributed by atoms with Gasteiger partial charge in [-0.2, -0.15) is 0 Å². The number of rotatable bonds is 4. The number of halogens is 1. The average Bonchev–Trinajstić information content (AvgIpc) is 2.62. The summed E-state index contributed by atoms with van der Waals surface area (Å²) in [5.41, 5.74) is 0.388. The van der Waals surface area contributed by atoms with E-state index in [1.807, 2.05) is 0 Å². The number of para-hydroxylation sites is 1. The quantitative estimate of drug-likeness (QED) is 0.647. The highest BCUT2D eigenvalue weighted by molar-refractivity contribution is 6.33. The Hall–Kier alpha value is -3.20. The molecule has 0 bridgehead atoms. The summed E-state index contributed by atoms with van der Waals surface area (Å²) in [5.74, 6) is -1.39. The SMILES string of the molecule is CC(C(=O)Nc1ccccc1Cl)N1C(=O)COc2ccc([N+](=O)[O-])nc21. The minimum atomic E-state index is -0.990. The molecule has 0 saturated heterocycles. The van der Waals surface area contributed by atoms with E-state index >= 15 is 0 Å². The zero-order valence-corrected chi connectivity index (χ0v) is 14.3. The third-order valence-corrected chi connectivity index (χ3v) is 4.09. The van der Waals surface area contributed by atoms with E-state index in [1.165, 1.54) is 19.1 Å². The number of benzene rings is 1. The number of nitro groups is 1. The Morgan fingerprint density at radius 2 is 2.12 bits per heavy atom. The largest absolute Gasteiger partial charge is 0.477 e. The van der Waals surface area contributed by atoms with Crippen LogP contribution in [0.5, 0.6) is 5.75 Å². The summed E-state index contributed by atoms with van der Waals surface area (Å²) in [5, 5.41) is 13.9. The van der Waals surface area contributed by atoms with Crippen molar-refractivity contribution in [3.05, 3.63) is 51.5 Å². The van der Waals surface area contributed by atoms with Gasteiger partial charge in [0.1, 0.15) is 6.04 Å². The van der Waals surface area contributed by atoms with Gasteiger partial charge in [-0.05, 0) is 35.0 Å². The minimum absolute atomic E-state index is 0.0720. The van der Waals surface area contributed by atoms with Gasteiger partial charge in [-0.1, -0.05) is 23.7 Å². The van der Waals surface area contributed by atoms with E-state index in [4.69, 9.17) is 16.3 Å². The molecule has 0 spiro atoms. The van der Waals surface area contributed by atoms with Crippen molar-refractivity contribution < 1.29 is 19.2 Å². The molecule has 1 unspecified atom stereocenters. The monoisotopic (exact) mass is 376 g/mol. The number of ether oxygens (including phenoxy) is 1. The second kappa shape index (κ2) is 6.96. The van der Waals surface area contributed by atoms with Crippen LogP contribution in [0.1, 0.15) is 6.92 Å². The van der Waals surface area contributed by atoms with Crippen molar-refractivity contribution in [1.82, 2.24) is 4.98 Å². The number of hydrogen-bond acceptors (Lipinski definition) is 6. The molecule has 0 aliphatic carbocycles. The Kier molecular flexibility index (Phi) is 4.72. The molecule has 1 aromatic heterocycles. The first-order chi connectivity index (χ1) is 12.4. The van der Waals surface area contributed by atoms with Crippen LogP contribution in [0.4, 0.5) is 17.3 Å². The predicted octanol–water partition coefficient (Wildman–Crippen LogP) is 2.40. The molecular formula is C16H13ClN4O5. The molecule has 2 amide bonds. The second-order valence-electron chi connectivity index (χ2n) is 5.45. The standard InChI is InChI=1S/C16H13ClN4O5/c1-9(16(23)18-11-5-3-2-4-10(11)17)20-14(22)8-26-12-6-7-13(21(24)25)19-15(12)20/h2-7,9H,8H2,1H3,(H,18,23). The molecule has 3 rings (SSSR count). The summed E-state index contributed by atoms with van der Waals surface area (Å²) in [7, 11) is 0. The highest BCUT2D eigenvalue weighted by Crippen LogP contribution is 2.33. The van der Waals surface area contributed by atoms with Gasteiger partial charge >= 0.3 is 5.82 Å². The lowest BCUT2D eigenvalue weighted by Gasteiger charge is -2.29. The van der Waals surface area contributed by atoms with E-state index < -0.39 is 28.6 Å². The second-order valence-corrected chi connectivity index (χ2v) is 5.85. The molecule has 26 heavy (non-hydrogen) atoms. The Balaban J connectivity index is 1.91. The van der Waals surface area contributed by atoms with Crippen molar-refractivity contribution in [3.8, 4) is 5.75 Å². The van der Waals surface area contributed by atoms with Crippen molar-refractivity contribution in [2.45, 2.75) is 13.0 Å². The van der Waals surface area contributed by atoms with Gasteiger partial charge in [0, 0.05) is 6.07 Å². The molecule has 134 valence electrons. The Morgan fingerprint density at radius 3 is 2.81 bits per heavy atom. The maximum absolute atomic E-state index is 12.6. The summed E-state index contributed by atoms with van der Waals surface area (Å²) >= 11 is 6.02. The van der Waals surface area contributed by atoms with Gasteiger partial charge in [-0.25, -0.2) is 0 Å². The third kappa shape index (κ3) is 3.29. The van der Waals surface area contributed by atoms with Crippen molar-refractivity contribution in [2.75, 3.05) is 16.8 Å². The molecule has 0 radical (unpaired) electrons. The topological polar surface area (TPSA) is 115 Å². The maximum Gasteiger partial charge on any atom is 0.366 e. The number of hydrogen-bond donors (Lipinski definition) is 1. The minimum Gasteiger partial charge on any atom is -0.477 e. The summed E-state index contributed by atoms with van der Waals surface area (Å²) < 4.78 is 5.24. The highest BCUT2D eigenvalue weighted by atomic mass is 35.5. The van der Waals surface area contributed by atoms with E-state index in [9.17, 15) is 19.7 Å². The molecule has 2 heterocycles. The van der Waals surface area contributed by atoms with Crippen LogP contribution >= 0.6 is 11.6 Å². The molecule has 2 aromatic rings. The maximum atomic E-state index is 12.6. The Labute approximate surface area is 152 Å². The van der Waals surface area contributed by atoms with Crippen LogP contribution in [0.3, 0.4) is 0 Å². The van der Waals surface area contributed by atoms with Gasteiger partial charge in [0.25, 0.3) is 11.7 Å². The fourth-order valence-electron chi connectivity index (χ4n) is 2.46. The lowest BCUT2D eigenvalue weighted by molar-refractivity contribution is -0.389. The molecule has 1 aromatic carbocycles. The first kappa shape index (κ1) is 17.6. The number of carbonyl (C=O) groups is 2. The average molecular weight is 377 g/mol. The van der Waals surface area contributed by atoms with E-state index in [0.717, 1.165) is 4.90 Å². The van der Waals surface area contributed by atoms with Gasteiger partial charge in [0.15, 0.2) is 12.4 Å². The number of fused-ring (bicyclic) bond motifs is 1. The van der Waals surface area contributed by atoms with Crippen LogP contribution in [0.15, 0.2) is 36.4 Å². The van der Waals surface area contributed by atoms with Gasteiger partial charge in [0.2, 0.25) is 5.91 Å². The van der Waals surface area contributed by atoms with Crippen LogP contribution in [-0.4, -0.2) is 34.4 Å². The number of aromatic nitrogens is 1. The third-order valence-electron chi connectivity index (χ3n) is 3.76. The number of carbonyl (C=O) groups excluding carboxylic acids is 2. The number of nitrogens with zero attached hydrogens (tertiary/aromatic N) is 3. The Morgan fingerprint density at radius 1 is 1.38 bits per heavy atom. The summed E-state index contributed by atoms with van der Waals surface area (Å²) in [6.07, 6.45) is 0. The predicted molar refractivity (Wildman–Crippen MR) is 93.4 cm³/mol. The zero-order chi connectivity index (χ0) is 18.8. The van der Waals surface area contributed by atoms with Gasteiger partial charge in [0.05, 0.1) is 10.7 Å². The first-order valence-corrected chi connectivity index (χ1v) is 7.92. The fraction of sp³-hybridized carbons (Fsp3) is 0.188. The number of amides is 2. The molecule has 10 heteroatoms. The van der Waals surface area contributed by atoms with Crippen LogP contribution in [0, 0.1) is 10.1 Å². The normalized spacial score (nSPS) is 14.2. The lowest BCUT2D eigenvalue weighted by atomic mass is 10.2. The van der Waals surface area contributed by atoms with E-state index in [0.29, 0.717) is 10.7 Å². The van der Waals surface area contributed by atoms with Crippen molar-refractivity contribution in [3.63, 3.8) is 0 Å². The van der Waals surface area contributed by atoms with E-state index in [1.54, 1.807) is 24.3 Å². The van der Waals surface area contributed by atoms with Crippen LogP contribution in [0.25, 0.3) is 0 Å². The van der Waals surface area contributed by atoms with Crippen LogP contribution < -0.4 is 15.0 Å². The van der Waals surface area contributed by atoms with Crippen LogP contribution in [-0.2, 0) is 9.59 Å². The summed E-state index contributed by atoms with van der Waals surface area (Å²) in [6, 6.07) is 8.17. The molecule has 0 saturated carbocycles. The van der Waals surface area contributed by atoms with Gasteiger partial charge in [-0.3, -0.25) is 14.5 Å². The van der Waals surface area contributed by atoms with E-state index in [2.05, 4.69) is 10.3 Å². The zero-order valence-electron chi connectivity index (χ0n) is 13.5. The molecule has 1 aliphatic rings. The number of nitrogens with one attached hydrogen (secondary N) is 1. The number of pyridine rings is 1. The van der Waals surface area contributed by atoms with Crippen molar-refractivity contribution in [2.24, 2.45) is 0 Å². The molecule has 1 N–H and O–H groups in total. The van der Waals surface area contributed by atoms with Crippen molar-refractivity contribution >= 4 is 40.7 Å². The summed E-state index contributed by atoms with van der Waals surface area (Å²) in [4.78, 5) is 40.1. The molecule has 0 fully saturated rings. The first-order valence-electron chi connectivity index (χ1n) is 7.54. The summed E-state index contributed by atoms with van der Waals surface area (Å²) in [6.45, 7) is 1.19. The van der Waals surface area contributed by atoms with Gasteiger partial charge < -0.3 is 20.2 Å². The van der Waals surface area contributed by atoms with Crippen LogP contribution in [0.2, 0.25) is 5.02 Å². The van der Waals surface area contributed by atoms with Gasteiger partial charge in [-0.15, -0.1) is 0 Å². The lowest BCUT2D eigenvalue weighted by Crippen LogP contribution is -2.50. The van der Waals surface area contributed by atoms with E-state index in [-0.39, 0.29) is 18.2 Å². The van der Waals surface area contributed by atoms with Crippen molar-refractivity contribution in [1.29, 1.82) is 0 Å². The molecule has 1 atom stereocenters. The molecular weight excluding hydrogens is 364 g/mol. The fourth-order valence-corrected chi connectivity index (χ4v) is 2.64. The smallest absolute Gasteiger partial charge is 0.366 e. The number of anilines is 2. The molecule has 9 nitrogen and oxygen atoms in total. The highest BCUT2D eigenvalue weighted by Gasteiger charge is 2.38.